The van der Waals surface area contributed by atoms with E-state index in [1.165, 1.54) is 25.7 Å². The van der Waals surface area contributed by atoms with Gasteiger partial charge >= 0.3 is 0 Å². The lowest BCUT2D eigenvalue weighted by Gasteiger charge is -2.41. The van der Waals surface area contributed by atoms with Gasteiger partial charge in [0, 0.05) is 24.7 Å². The van der Waals surface area contributed by atoms with Crippen LogP contribution in [0.1, 0.15) is 25.7 Å². The van der Waals surface area contributed by atoms with Crippen LogP contribution in [0.15, 0.2) is 0 Å². The Labute approximate surface area is 109 Å². The molecule has 0 saturated carbocycles. The molecular formula is C12H22NO2PS. The maximum atomic E-state index is 5.74. The maximum Gasteiger partial charge on any atom is 0.185 e. The SMILES string of the molecule is CN1C2CCC1CC(C1COP(C)(=S)OC1)C2. The molecule has 0 aliphatic carbocycles. The van der Waals surface area contributed by atoms with Crippen molar-refractivity contribution in [3.63, 3.8) is 0 Å². The summed E-state index contributed by atoms with van der Waals surface area (Å²) in [6.45, 7) is 1.73. The van der Waals surface area contributed by atoms with Gasteiger partial charge in [0.05, 0.1) is 13.2 Å². The molecule has 2 unspecified atom stereocenters. The molecule has 5 heteroatoms. The van der Waals surface area contributed by atoms with E-state index >= 15 is 0 Å². The molecule has 0 aromatic rings. The van der Waals surface area contributed by atoms with Gasteiger partial charge in [-0.3, -0.25) is 0 Å². The molecule has 0 radical (unpaired) electrons. The Morgan fingerprint density at radius 1 is 1.06 bits per heavy atom. The van der Waals surface area contributed by atoms with E-state index in [2.05, 4.69) is 11.9 Å². The molecule has 3 fully saturated rings. The van der Waals surface area contributed by atoms with Gasteiger partial charge in [-0.25, -0.2) is 0 Å². The second-order valence-electron chi connectivity index (χ2n) is 5.90. The monoisotopic (exact) mass is 275 g/mol. The van der Waals surface area contributed by atoms with Crippen LogP contribution in [-0.2, 0) is 20.9 Å². The molecule has 3 aliphatic rings. The molecule has 0 amide bonds. The van der Waals surface area contributed by atoms with Crippen molar-refractivity contribution in [2.45, 2.75) is 37.8 Å². The third-order valence-corrected chi connectivity index (χ3v) is 6.72. The Hall–Kier alpha value is 0.530. The quantitative estimate of drug-likeness (QED) is 0.685. The summed E-state index contributed by atoms with van der Waals surface area (Å²) >= 11 is 5.29. The first-order valence-corrected chi connectivity index (χ1v) is 9.72. The van der Waals surface area contributed by atoms with E-state index in [9.17, 15) is 0 Å². The summed E-state index contributed by atoms with van der Waals surface area (Å²) in [7, 11) is 2.29. The average Bonchev–Trinajstić information content (AvgIpc) is 2.52. The van der Waals surface area contributed by atoms with E-state index in [0.717, 1.165) is 31.2 Å². The lowest BCUT2D eigenvalue weighted by atomic mass is 9.81. The summed E-state index contributed by atoms with van der Waals surface area (Å²) in [5.41, 5.74) is 0. The van der Waals surface area contributed by atoms with Gasteiger partial charge in [-0.05, 0) is 50.5 Å². The number of piperidine rings is 1. The van der Waals surface area contributed by atoms with Crippen LogP contribution in [0.3, 0.4) is 0 Å². The number of rotatable bonds is 1. The van der Waals surface area contributed by atoms with Gasteiger partial charge in [0.25, 0.3) is 0 Å². The minimum atomic E-state index is -1.88. The predicted molar refractivity (Wildman–Crippen MR) is 72.9 cm³/mol. The minimum Gasteiger partial charge on any atom is -0.329 e. The summed E-state index contributed by atoms with van der Waals surface area (Å²) in [5.74, 6) is 1.38. The normalized spacial score (nSPS) is 51.6. The van der Waals surface area contributed by atoms with Crippen molar-refractivity contribution in [3.05, 3.63) is 0 Å². The fraction of sp³-hybridized carbons (Fsp3) is 1.00. The molecule has 0 N–H and O–H groups in total. The molecule has 3 saturated heterocycles. The summed E-state index contributed by atoms with van der Waals surface area (Å²) in [4.78, 5) is 2.59. The summed E-state index contributed by atoms with van der Waals surface area (Å²) in [6.07, 6.45) is 5.43. The highest BCUT2D eigenvalue weighted by Gasteiger charge is 2.42. The Morgan fingerprint density at radius 2 is 1.59 bits per heavy atom. The smallest absolute Gasteiger partial charge is 0.185 e. The first-order chi connectivity index (χ1) is 8.05. The zero-order chi connectivity index (χ0) is 12.0. The fourth-order valence-corrected chi connectivity index (χ4v) is 5.02. The van der Waals surface area contributed by atoms with E-state index in [0.29, 0.717) is 5.92 Å². The van der Waals surface area contributed by atoms with Crippen LogP contribution < -0.4 is 0 Å². The highest BCUT2D eigenvalue weighted by Crippen LogP contribution is 2.50. The van der Waals surface area contributed by atoms with Gasteiger partial charge in [0.15, 0.2) is 6.49 Å². The molecule has 17 heavy (non-hydrogen) atoms. The van der Waals surface area contributed by atoms with Gasteiger partial charge < -0.3 is 13.9 Å². The van der Waals surface area contributed by atoms with E-state index in [4.69, 9.17) is 20.9 Å². The van der Waals surface area contributed by atoms with Gasteiger partial charge in [0.1, 0.15) is 0 Å². The van der Waals surface area contributed by atoms with E-state index < -0.39 is 6.49 Å². The largest absolute Gasteiger partial charge is 0.329 e. The van der Waals surface area contributed by atoms with Gasteiger partial charge in [0.2, 0.25) is 0 Å². The van der Waals surface area contributed by atoms with Gasteiger partial charge in [-0.2, -0.15) is 0 Å². The molecule has 3 aliphatic heterocycles. The van der Waals surface area contributed by atoms with E-state index in [-0.39, 0.29) is 0 Å². The Morgan fingerprint density at radius 3 is 2.12 bits per heavy atom. The second kappa shape index (κ2) is 4.57. The standard InChI is InChI=1S/C12H22NO2PS/c1-13-11-3-4-12(13)6-9(5-11)10-7-14-16(2,17)15-8-10/h9-12H,3-8H2,1-2H3. The Balaban J connectivity index is 1.62. The molecular weight excluding hydrogens is 253 g/mol. The molecule has 0 aromatic heterocycles. The van der Waals surface area contributed by atoms with Crippen LogP contribution in [0.2, 0.25) is 0 Å². The van der Waals surface area contributed by atoms with Gasteiger partial charge in [-0.1, -0.05) is 0 Å². The van der Waals surface area contributed by atoms with Crippen LogP contribution in [0.4, 0.5) is 0 Å². The van der Waals surface area contributed by atoms with E-state index in [1.807, 2.05) is 6.66 Å². The van der Waals surface area contributed by atoms with Crippen molar-refractivity contribution < 1.29 is 9.05 Å². The highest BCUT2D eigenvalue weighted by atomic mass is 32.5. The van der Waals surface area contributed by atoms with Crippen molar-refractivity contribution in [1.82, 2.24) is 4.90 Å². The Kier molecular flexibility index (Phi) is 3.38. The van der Waals surface area contributed by atoms with Crippen molar-refractivity contribution in [2.75, 3.05) is 26.9 Å². The second-order valence-corrected chi connectivity index (χ2v) is 9.95. The molecule has 3 heterocycles. The van der Waals surface area contributed by atoms with Crippen LogP contribution in [-0.4, -0.2) is 43.9 Å². The van der Waals surface area contributed by atoms with Crippen molar-refractivity contribution >= 4 is 18.3 Å². The zero-order valence-corrected chi connectivity index (χ0v) is 12.4. The zero-order valence-electron chi connectivity index (χ0n) is 10.7. The lowest BCUT2D eigenvalue weighted by molar-refractivity contribution is 0.0339. The minimum absolute atomic E-state index is 0.586. The number of hydrogen-bond donors (Lipinski definition) is 0. The molecule has 0 spiro atoms. The maximum absolute atomic E-state index is 5.74. The summed E-state index contributed by atoms with van der Waals surface area (Å²) in [5, 5.41) is 0. The highest BCUT2D eigenvalue weighted by molar-refractivity contribution is 8.09. The number of nitrogens with zero attached hydrogens (tertiary/aromatic N) is 1. The van der Waals surface area contributed by atoms with E-state index in [1.54, 1.807) is 0 Å². The molecule has 2 atom stereocenters. The van der Waals surface area contributed by atoms with Gasteiger partial charge in [-0.15, -0.1) is 0 Å². The first kappa shape index (κ1) is 12.6. The fourth-order valence-electron chi connectivity index (χ4n) is 3.66. The predicted octanol–water partition coefficient (Wildman–Crippen LogP) is 2.46. The van der Waals surface area contributed by atoms with Crippen LogP contribution in [0.5, 0.6) is 0 Å². The average molecular weight is 275 g/mol. The Bertz CT molecular complexity index is 325. The topological polar surface area (TPSA) is 21.7 Å². The summed E-state index contributed by atoms with van der Waals surface area (Å²) in [6, 6.07) is 1.62. The number of fused-ring (bicyclic) bond motifs is 2. The molecule has 0 aromatic carbocycles. The lowest BCUT2D eigenvalue weighted by Crippen LogP contribution is -2.43. The van der Waals surface area contributed by atoms with Crippen molar-refractivity contribution in [2.24, 2.45) is 11.8 Å². The van der Waals surface area contributed by atoms with Crippen molar-refractivity contribution in [1.29, 1.82) is 0 Å². The van der Waals surface area contributed by atoms with Crippen LogP contribution in [0, 0.1) is 11.8 Å². The number of hydrogen-bond acceptors (Lipinski definition) is 4. The van der Waals surface area contributed by atoms with Crippen molar-refractivity contribution in [3.8, 4) is 0 Å². The third-order valence-electron chi connectivity index (χ3n) is 4.85. The van der Waals surface area contributed by atoms with Crippen LogP contribution >= 0.6 is 6.49 Å². The summed E-state index contributed by atoms with van der Waals surface area (Å²) < 4.78 is 11.5. The molecule has 3 rings (SSSR count). The first-order valence-electron chi connectivity index (χ1n) is 6.64. The molecule has 3 nitrogen and oxygen atoms in total. The third kappa shape index (κ3) is 2.48. The van der Waals surface area contributed by atoms with Crippen LogP contribution in [0.25, 0.3) is 0 Å². The molecule has 2 bridgehead atoms. The molecule has 98 valence electrons.